The third kappa shape index (κ3) is 3.87. The molecule has 1 saturated heterocycles. The molecule has 0 atom stereocenters. The van der Waals surface area contributed by atoms with Gasteiger partial charge in [0.1, 0.15) is 17.4 Å². The lowest BCUT2D eigenvalue weighted by molar-refractivity contribution is -0.215. The minimum atomic E-state index is -4.10. The fourth-order valence-electron chi connectivity index (χ4n) is 4.34. The van der Waals surface area contributed by atoms with Crippen molar-refractivity contribution in [2.45, 2.75) is 43.9 Å². The first-order valence-corrected chi connectivity index (χ1v) is 10.2. The van der Waals surface area contributed by atoms with Gasteiger partial charge in [-0.05, 0) is 25.7 Å². The maximum Gasteiger partial charge on any atom is 0.394 e. The molecule has 2 N–H and O–H groups in total. The molecule has 3 aromatic heterocycles. The number of H-pyrrole nitrogens is 1. The third-order valence-corrected chi connectivity index (χ3v) is 6.16. The summed E-state index contributed by atoms with van der Waals surface area (Å²) in [7, 11) is 0. The number of aromatic amines is 1. The summed E-state index contributed by atoms with van der Waals surface area (Å²) in [6.45, 7) is 0.169. The van der Waals surface area contributed by atoms with Gasteiger partial charge in [0.05, 0.1) is 12.1 Å². The van der Waals surface area contributed by atoms with Gasteiger partial charge in [-0.3, -0.25) is 19.4 Å². The number of hydrogen-bond acceptors (Lipinski definition) is 6. The van der Waals surface area contributed by atoms with Gasteiger partial charge >= 0.3 is 6.18 Å². The van der Waals surface area contributed by atoms with E-state index in [4.69, 9.17) is 0 Å². The summed E-state index contributed by atoms with van der Waals surface area (Å²) in [5.41, 5.74) is 1.17. The molecule has 0 unspecified atom stereocenters. The van der Waals surface area contributed by atoms with Crippen LogP contribution in [0.5, 0.6) is 0 Å². The number of fused-ring (bicyclic) bond motifs is 1. The van der Waals surface area contributed by atoms with E-state index in [9.17, 15) is 18.0 Å². The highest BCUT2D eigenvalue weighted by Crippen LogP contribution is 2.37. The number of rotatable bonds is 4. The molecule has 1 aliphatic heterocycles. The van der Waals surface area contributed by atoms with E-state index in [-0.39, 0.29) is 36.8 Å². The number of carbonyl (C=O) groups is 1. The Bertz CT molecular complexity index is 1070. The summed E-state index contributed by atoms with van der Waals surface area (Å²) in [5, 5.41) is 9.75. The largest absolute Gasteiger partial charge is 0.394 e. The van der Waals surface area contributed by atoms with E-state index in [1.165, 1.54) is 6.20 Å². The van der Waals surface area contributed by atoms with Crippen LogP contribution in [-0.4, -0.2) is 71.9 Å². The number of nitrogens with one attached hydrogen (secondary N) is 2. The van der Waals surface area contributed by atoms with E-state index in [1.54, 1.807) is 23.3 Å². The van der Waals surface area contributed by atoms with E-state index in [0.717, 1.165) is 25.7 Å². The maximum atomic E-state index is 13.0. The van der Waals surface area contributed by atoms with Gasteiger partial charge in [0, 0.05) is 37.6 Å². The number of imidazole rings is 1. The van der Waals surface area contributed by atoms with Crippen LogP contribution < -0.4 is 5.32 Å². The second-order valence-corrected chi connectivity index (χ2v) is 8.14. The maximum absolute atomic E-state index is 13.0. The van der Waals surface area contributed by atoms with Crippen molar-refractivity contribution in [3.8, 4) is 5.95 Å². The molecule has 0 bridgehead atoms. The van der Waals surface area contributed by atoms with Crippen LogP contribution in [0.25, 0.3) is 17.0 Å². The number of aromatic nitrogens is 6. The number of amides is 1. The monoisotopic (exact) mass is 434 g/mol. The second kappa shape index (κ2) is 7.59. The Morgan fingerprint density at radius 1 is 1.16 bits per heavy atom. The minimum absolute atomic E-state index is 0.0481. The quantitative estimate of drug-likeness (QED) is 0.652. The Labute approximate surface area is 175 Å². The van der Waals surface area contributed by atoms with Crippen LogP contribution in [0.4, 0.5) is 13.2 Å². The van der Waals surface area contributed by atoms with Crippen molar-refractivity contribution in [2.24, 2.45) is 5.92 Å². The van der Waals surface area contributed by atoms with Gasteiger partial charge < -0.3 is 5.32 Å². The molecule has 0 radical (unpaired) electrons. The van der Waals surface area contributed by atoms with Crippen molar-refractivity contribution in [2.75, 3.05) is 13.1 Å². The summed E-state index contributed by atoms with van der Waals surface area (Å²) in [6, 6.07) is 0.103. The number of halogens is 3. The second-order valence-electron chi connectivity index (χ2n) is 8.14. The van der Waals surface area contributed by atoms with Gasteiger partial charge in [-0.15, -0.1) is 0 Å². The highest BCUT2D eigenvalue weighted by atomic mass is 19.4. The van der Waals surface area contributed by atoms with Gasteiger partial charge in [0.25, 0.3) is 5.91 Å². The summed E-state index contributed by atoms with van der Waals surface area (Å²) in [6.07, 6.45) is 5.21. The summed E-state index contributed by atoms with van der Waals surface area (Å²) < 4.78 is 39.8. The lowest BCUT2D eigenvalue weighted by Crippen LogP contribution is -2.58. The molecule has 1 amide bonds. The molecule has 9 nitrogen and oxygen atoms in total. The van der Waals surface area contributed by atoms with Crippen molar-refractivity contribution in [3.05, 3.63) is 30.6 Å². The zero-order chi connectivity index (χ0) is 21.6. The molecule has 0 aromatic carbocycles. The fraction of sp³-hybridized carbons (Fsp3) is 0.526. The fourth-order valence-corrected chi connectivity index (χ4v) is 4.34. The van der Waals surface area contributed by atoms with Crippen LogP contribution in [-0.2, 0) is 0 Å². The van der Waals surface area contributed by atoms with Gasteiger partial charge in [0.15, 0.2) is 5.69 Å². The molecule has 12 heteroatoms. The molecule has 1 saturated carbocycles. The molecular weight excluding hydrogens is 413 g/mol. The first-order chi connectivity index (χ1) is 14.9. The van der Waals surface area contributed by atoms with Gasteiger partial charge in [-0.1, -0.05) is 0 Å². The number of alkyl halides is 3. The number of hydrogen-bond donors (Lipinski definition) is 2. The summed E-state index contributed by atoms with van der Waals surface area (Å²) in [4.78, 5) is 27.6. The Morgan fingerprint density at radius 2 is 1.94 bits per heavy atom. The van der Waals surface area contributed by atoms with Crippen molar-refractivity contribution >= 4 is 16.9 Å². The Hall–Kier alpha value is -3.02. The topological polar surface area (TPSA) is 105 Å². The van der Waals surface area contributed by atoms with E-state index in [0.29, 0.717) is 17.0 Å². The number of likely N-dealkylation sites (tertiary alicyclic amines) is 1. The van der Waals surface area contributed by atoms with Crippen molar-refractivity contribution < 1.29 is 18.0 Å². The molecular formula is C19H21F3N8O. The average Bonchev–Trinajstić information content (AvgIpc) is 3.38. The zero-order valence-electron chi connectivity index (χ0n) is 16.5. The third-order valence-electron chi connectivity index (χ3n) is 6.16. The molecule has 0 spiro atoms. The predicted molar refractivity (Wildman–Crippen MR) is 103 cm³/mol. The number of nitrogens with zero attached hydrogens (tertiary/aromatic N) is 6. The van der Waals surface area contributed by atoms with Gasteiger partial charge in [-0.25, -0.2) is 15.0 Å². The molecule has 4 heterocycles. The molecule has 2 aliphatic rings. The highest BCUT2D eigenvalue weighted by Gasteiger charge is 2.48. The van der Waals surface area contributed by atoms with Crippen LogP contribution >= 0.6 is 0 Å². The molecule has 164 valence electrons. The predicted octanol–water partition coefficient (Wildman–Crippen LogP) is 2.07. The molecule has 31 heavy (non-hydrogen) atoms. The van der Waals surface area contributed by atoms with Gasteiger partial charge in [-0.2, -0.15) is 18.3 Å². The van der Waals surface area contributed by atoms with Gasteiger partial charge in [0.2, 0.25) is 5.95 Å². The van der Waals surface area contributed by atoms with Crippen LogP contribution in [0.2, 0.25) is 0 Å². The highest BCUT2D eigenvalue weighted by molar-refractivity contribution is 6.02. The van der Waals surface area contributed by atoms with Crippen LogP contribution in [0.3, 0.4) is 0 Å². The summed E-state index contributed by atoms with van der Waals surface area (Å²) in [5.74, 6) is -1.22. The normalized spacial score (nSPS) is 23.1. The molecule has 5 rings (SSSR count). The Kier molecular flexibility index (Phi) is 4.88. The Balaban J connectivity index is 1.23. The van der Waals surface area contributed by atoms with Crippen LogP contribution in [0.15, 0.2) is 24.9 Å². The van der Waals surface area contributed by atoms with Crippen molar-refractivity contribution in [3.63, 3.8) is 0 Å². The van der Waals surface area contributed by atoms with Crippen LogP contribution in [0.1, 0.15) is 36.2 Å². The molecule has 3 aromatic rings. The molecule has 1 aliphatic carbocycles. The minimum Gasteiger partial charge on any atom is -0.348 e. The smallest absolute Gasteiger partial charge is 0.348 e. The standard InChI is InChI=1S/C19H21F3N8O/c20-19(21,22)11-8-30(9-11)13-3-1-12(2-4-13)25-17(31)16-15-14(7-24-28-15)26-18(27-16)29-6-5-23-10-29/h5-7,10-13H,1-4,8-9H2,(H,24,28)(H,25,31). The first-order valence-electron chi connectivity index (χ1n) is 10.2. The van der Waals surface area contributed by atoms with Crippen molar-refractivity contribution in [1.29, 1.82) is 0 Å². The van der Waals surface area contributed by atoms with Crippen LogP contribution in [0, 0.1) is 5.92 Å². The van der Waals surface area contributed by atoms with E-state index >= 15 is 0 Å². The lowest BCUT2D eigenvalue weighted by Gasteiger charge is -2.47. The SMILES string of the molecule is O=C(NC1CCC(N2CC(C(F)(F)F)C2)CC1)c1nc(-n2ccnc2)nc2cn[nH]c12. The average molecular weight is 434 g/mol. The molecule has 2 fully saturated rings. The van der Waals surface area contributed by atoms with E-state index < -0.39 is 12.1 Å². The lowest BCUT2D eigenvalue weighted by atomic mass is 9.86. The van der Waals surface area contributed by atoms with E-state index in [2.05, 4.69) is 30.5 Å². The summed E-state index contributed by atoms with van der Waals surface area (Å²) >= 11 is 0. The van der Waals surface area contributed by atoms with Crippen molar-refractivity contribution in [1.82, 2.24) is 39.9 Å². The first kappa shape index (κ1) is 19.9. The zero-order valence-corrected chi connectivity index (χ0v) is 16.5. The number of carbonyl (C=O) groups excluding carboxylic acids is 1. The van der Waals surface area contributed by atoms with E-state index in [1.807, 2.05) is 4.90 Å². The Morgan fingerprint density at radius 3 is 2.61 bits per heavy atom.